The highest BCUT2D eigenvalue weighted by Gasteiger charge is 2.37. The van der Waals surface area contributed by atoms with Gasteiger partial charge in [0.2, 0.25) is 10.0 Å². The number of anilines is 1. The van der Waals surface area contributed by atoms with Crippen LogP contribution in [0.1, 0.15) is 29.9 Å². The second-order valence-corrected chi connectivity index (χ2v) is 9.05. The number of ether oxygens (including phenoxy) is 1. The van der Waals surface area contributed by atoms with E-state index in [0.29, 0.717) is 25.1 Å². The van der Waals surface area contributed by atoms with E-state index in [0.717, 1.165) is 13.0 Å². The van der Waals surface area contributed by atoms with Gasteiger partial charge in [0.25, 0.3) is 0 Å². The van der Waals surface area contributed by atoms with Gasteiger partial charge >= 0.3 is 0 Å². The molecule has 1 heterocycles. The summed E-state index contributed by atoms with van der Waals surface area (Å²) in [6.45, 7) is 1.55. The molecule has 0 saturated carbocycles. The van der Waals surface area contributed by atoms with Gasteiger partial charge in [-0.2, -0.15) is 5.26 Å². The highest BCUT2D eigenvalue weighted by Crippen LogP contribution is 2.44. The maximum absolute atomic E-state index is 12.9. The van der Waals surface area contributed by atoms with Crippen LogP contribution in [0.4, 0.5) is 5.69 Å². The van der Waals surface area contributed by atoms with Gasteiger partial charge in [0.05, 0.1) is 24.5 Å². The van der Waals surface area contributed by atoms with E-state index in [1.165, 1.54) is 30.0 Å². The van der Waals surface area contributed by atoms with E-state index in [1.54, 1.807) is 18.2 Å². The molecule has 146 valence electrons. The molecule has 28 heavy (non-hydrogen) atoms. The minimum Gasteiger partial charge on any atom is -0.497 e. The topological polar surface area (TPSA) is 82.4 Å². The van der Waals surface area contributed by atoms with Crippen LogP contribution in [0.25, 0.3) is 0 Å². The van der Waals surface area contributed by atoms with Crippen molar-refractivity contribution in [2.24, 2.45) is 0 Å². The van der Waals surface area contributed by atoms with Crippen LogP contribution in [0.3, 0.4) is 0 Å². The largest absolute Gasteiger partial charge is 0.497 e. The molecule has 0 saturated heterocycles. The first-order valence-corrected chi connectivity index (χ1v) is 10.9. The molecule has 0 fully saturated rings. The Hall–Kier alpha value is -2.56. The Labute approximate surface area is 165 Å². The van der Waals surface area contributed by atoms with Crippen molar-refractivity contribution in [3.8, 4) is 11.8 Å². The van der Waals surface area contributed by atoms with Crippen LogP contribution in [0, 0.1) is 11.3 Å². The van der Waals surface area contributed by atoms with Crippen molar-refractivity contribution in [3.05, 3.63) is 53.6 Å². The monoisotopic (exact) mass is 397 g/mol. The third-order valence-electron chi connectivity index (χ3n) is 5.57. The minimum atomic E-state index is -3.62. The van der Waals surface area contributed by atoms with Crippen molar-refractivity contribution in [3.63, 3.8) is 0 Å². The van der Waals surface area contributed by atoms with Crippen molar-refractivity contribution in [2.75, 3.05) is 25.1 Å². The summed E-state index contributed by atoms with van der Waals surface area (Å²) < 4.78 is 33.8. The Kier molecular flexibility index (Phi) is 5.00. The fourth-order valence-corrected chi connectivity index (χ4v) is 5.69. The van der Waals surface area contributed by atoms with Gasteiger partial charge in [-0.1, -0.05) is 18.2 Å². The lowest BCUT2D eigenvalue weighted by atomic mass is 9.82. The molecule has 0 aromatic heterocycles. The first-order valence-electron chi connectivity index (χ1n) is 9.42. The number of rotatable bonds is 6. The van der Waals surface area contributed by atoms with Crippen molar-refractivity contribution < 1.29 is 13.2 Å². The summed E-state index contributed by atoms with van der Waals surface area (Å²) >= 11 is 0. The molecule has 2 aromatic rings. The average Bonchev–Trinajstić information content (AvgIpc) is 3.05. The maximum atomic E-state index is 12.9. The number of hydrogen-bond acceptors (Lipinski definition) is 5. The second-order valence-electron chi connectivity index (χ2n) is 7.34. The van der Waals surface area contributed by atoms with Crippen molar-refractivity contribution in [1.82, 2.24) is 4.72 Å². The third kappa shape index (κ3) is 3.46. The van der Waals surface area contributed by atoms with E-state index in [1.807, 2.05) is 6.07 Å². The maximum Gasteiger partial charge on any atom is 0.240 e. The smallest absolute Gasteiger partial charge is 0.240 e. The van der Waals surface area contributed by atoms with Gasteiger partial charge in [-0.15, -0.1) is 0 Å². The van der Waals surface area contributed by atoms with Crippen molar-refractivity contribution in [1.29, 1.82) is 5.26 Å². The van der Waals surface area contributed by atoms with Gasteiger partial charge in [0.15, 0.2) is 0 Å². The van der Waals surface area contributed by atoms with Gasteiger partial charge in [-0.3, -0.25) is 0 Å². The lowest BCUT2D eigenvalue weighted by Crippen LogP contribution is -2.40. The second kappa shape index (κ2) is 7.46. The zero-order chi connectivity index (χ0) is 19.7. The summed E-state index contributed by atoms with van der Waals surface area (Å²) in [5, 5.41) is 8.92. The molecule has 2 unspecified atom stereocenters. The van der Waals surface area contributed by atoms with Crippen LogP contribution in [-0.4, -0.2) is 34.7 Å². The van der Waals surface area contributed by atoms with Crippen molar-refractivity contribution in [2.45, 2.75) is 36.1 Å². The summed E-state index contributed by atoms with van der Waals surface area (Å²) in [7, 11) is -2.10. The van der Waals surface area contributed by atoms with E-state index in [4.69, 9.17) is 10.00 Å². The number of sulfonamides is 1. The minimum absolute atomic E-state index is 0.153. The highest BCUT2D eigenvalue weighted by molar-refractivity contribution is 7.89. The number of benzene rings is 2. The number of nitrogens with zero attached hydrogens (tertiary/aromatic N) is 2. The standard InChI is InChI=1S/C21H23N3O3S/c1-27-18-6-3-7-19(13-18)28(25,26)23-17-11-15-5-2-8-20-21(15)16(12-17)14-24(20)10-4-9-22/h2-3,5-8,13,16-17,23H,4,10-12,14H2,1H3. The van der Waals surface area contributed by atoms with Gasteiger partial charge in [0.1, 0.15) is 5.75 Å². The average molecular weight is 398 g/mol. The van der Waals surface area contributed by atoms with Crippen LogP contribution >= 0.6 is 0 Å². The molecule has 6 nitrogen and oxygen atoms in total. The zero-order valence-corrected chi connectivity index (χ0v) is 16.6. The first kappa shape index (κ1) is 18.8. The number of nitriles is 1. The van der Waals surface area contributed by atoms with Crippen LogP contribution < -0.4 is 14.4 Å². The number of methoxy groups -OCH3 is 1. The van der Waals surface area contributed by atoms with E-state index < -0.39 is 10.0 Å². The van der Waals surface area contributed by atoms with Crippen LogP contribution in [0.2, 0.25) is 0 Å². The summed E-state index contributed by atoms with van der Waals surface area (Å²) in [6.07, 6.45) is 1.92. The predicted octanol–water partition coefficient (Wildman–Crippen LogP) is 2.81. The zero-order valence-electron chi connectivity index (χ0n) is 15.8. The molecule has 2 atom stereocenters. The molecule has 0 bridgehead atoms. The Morgan fingerprint density at radius 1 is 1.29 bits per heavy atom. The Bertz CT molecular complexity index is 1030. The van der Waals surface area contributed by atoms with E-state index >= 15 is 0 Å². The molecule has 4 rings (SSSR count). The summed E-state index contributed by atoms with van der Waals surface area (Å²) in [4.78, 5) is 2.47. The van der Waals surface area contributed by atoms with E-state index in [2.05, 4.69) is 27.8 Å². The SMILES string of the molecule is COc1cccc(S(=O)(=O)NC2Cc3cccc4c3C(C2)CN4CCC#N)c1. The van der Waals surface area contributed by atoms with Gasteiger partial charge in [0, 0.05) is 36.8 Å². The Morgan fingerprint density at radius 3 is 2.89 bits per heavy atom. The third-order valence-corrected chi connectivity index (χ3v) is 7.08. The van der Waals surface area contributed by atoms with E-state index in [-0.39, 0.29) is 16.9 Å². The van der Waals surface area contributed by atoms with Crippen LogP contribution in [0.5, 0.6) is 5.75 Å². The fourth-order valence-electron chi connectivity index (χ4n) is 4.41. The predicted molar refractivity (Wildman–Crippen MR) is 107 cm³/mol. The molecule has 1 N–H and O–H groups in total. The molecule has 0 amide bonds. The molecule has 7 heteroatoms. The number of nitrogens with one attached hydrogen (secondary N) is 1. The van der Waals surface area contributed by atoms with Gasteiger partial charge in [-0.25, -0.2) is 13.1 Å². The fraction of sp³-hybridized carbons (Fsp3) is 0.381. The summed E-state index contributed by atoms with van der Waals surface area (Å²) in [5.41, 5.74) is 3.73. The molecule has 0 spiro atoms. The van der Waals surface area contributed by atoms with Crippen LogP contribution in [0.15, 0.2) is 47.4 Å². The number of hydrogen-bond donors (Lipinski definition) is 1. The lowest BCUT2D eigenvalue weighted by Gasteiger charge is -2.29. The summed E-state index contributed by atoms with van der Waals surface area (Å²) in [5.74, 6) is 0.807. The molecule has 2 aliphatic rings. The lowest BCUT2D eigenvalue weighted by molar-refractivity contribution is 0.413. The molecule has 2 aromatic carbocycles. The first-order chi connectivity index (χ1) is 13.5. The van der Waals surface area contributed by atoms with Gasteiger partial charge < -0.3 is 9.64 Å². The van der Waals surface area contributed by atoms with E-state index in [9.17, 15) is 8.42 Å². The molecule has 1 aliphatic carbocycles. The Balaban J connectivity index is 1.55. The summed E-state index contributed by atoms with van der Waals surface area (Å²) in [6, 6.07) is 14.8. The molecular formula is C21H23N3O3S. The van der Waals surface area contributed by atoms with Crippen molar-refractivity contribution >= 4 is 15.7 Å². The molecule has 0 radical (unpaired) electrons. The quantitative estimate of drug-likeness (QED) is 0.810. The van der Waals surface area contributed by atoms with Crippen LogP contribution in [-0.2, 0) is 16.4 Å². The Morgan fingerprint density at radius 2 is 2.11 bits per heavy atom. The normalized spacial score (nSPS) is 20.5. The van der Waals surface area contributed by atoms with Gasteiger partial charge in [-0.05, 0) is 42.2 Å². The molecule has 1 aliphatic heterocycles. The molecular weight excluding hydrogens is 374 g/mol. The highest BCUT2D eigenvalue weighted by atomic mass is 32.2.